The zero-order valence-electron chi connectivity index (χ0n) is 10.6. The zero-order valence-corrected chi connectivity index (χ0v) is 10.6. The van der Waals surface area contributed by atoms with Crippen LogP contribution in [0.25, 0.3) is 0 Å². The second-order valence-corrected chi connectivity index (χ2v) is 4.83. The molecule has 1 unspecified atom stereocenters. The van der Waals surface area contributed by atoms with Gasteiger partial charge >= 0.3 is 5.97 Å². The molecule has 0 fully saturated rings. The molecule has 0 radical (unpaired) electrons. The first-order valence-corrected chi connectivity index (χ1v) is 6.13. The number of carboxylic acid groups (broad SMARTS) is 1. The van der Waals surface area contributed by atoms with Crippen LogP contribution >= 0.6 is 0 Å². The van der Waals surface area contributed by atoms with E-state index < -0.39 is 11.9 Å². The first-order chi connectivity index (χ1) is 9.15. The lowest BCUT2D eigenvalue weighted by atomic mass is 9.98. The van der Waals surface area contributed by atoms with E-state index >= 15 is 0 Å². The van der Waals surface area contributed by atoms with Crippen molar-refractivity contribution in [3.63, 3.8) is 0 Å². The van der Waals surface area contributed by atoms with Crippen LogP contribution in [0.4, 0.5) is 0 Å². The number of hydrogen-bond acceptors (Lipinski definition) is 4. The number of hydrogen-bond donors (Lipinski definition) is 1. The number of rotatable bonds is 3. The number of carbonyl (C=O) groups is 1. The summed E-state index contributed by atoms with van der Waals surface area (Å²) < 4.78 is 7.11. The third-order valence-corrected chi connectivity index (χ3v) is 3.46. The van der Waals surface area contributed by atoms with Crippen LogP contribution in [0, 0.1) is 0 Å². The second kappa shape index (κ2) is 4.55. The van der Waals surface area contributed by atoms with Gasteiger partial charge in [-0.15, -0.1) is 0 Å². The van der Waals surface area contributed by atoms with Crippen molar-refractivity contribution in [2.24, 2.45) is 7.05 Å². The molecule has 0 bridgehead atoms. The van der Waals surface area contributed by atoms with Crippen molar-refractivity contribution < 1.29 is 14.3 Å². The van der Waals surface area contributed by atoms with Crippen molar-refractivity contribution in [1.29, 1.82) is 0 Å². The maximum Gasteiger partial charge on any atom is 0.313 e. The van der Waals surface area contributed by atoms with Gasteiger partial charge in [-0.1, -0.05) is 0 Å². The van der Waals surface area contributed by atoms with Crippen molar-refractivity contribution in [3.8, 4) is 0 Å². The summed E-state index contributed by atoms with van der Waals surface area (Å²) in [4.78, 5) is 17.8. The molecular formula is C13H15N3O3. The number of aromatic nitrogens is 2. The molecule has 1 aliphatic heterocycles. The monoisotopic (exact) mass is 261 g/mol. The fourth-order valence-corrected chi connectivity index (χ4v) is 2.62. The van der Waals surface area contributed by atoms with E-state index in [0.29, 0.717) is 19.6 Å². The minimum Gasteiger partial charge on any atom is -0.481 e. The Morgan fingerprint density at radius 1 is 1.63 bits per heavy atom. The van der Waals surface area contributed by atoms with Crippen molar-refractivity contribution >= 4 is 5.97 Å². The van der Waals surface area contributed by atoms with Crippen LogP contribution in [0.1, 0.15) is 23.1 Å². The summed E-state index contributed by atoms with van der Waals surface area (Å²) in [5.41, 5.74) is 1.65. The van der Waals surface area contributed by atoms with Gasteiger partial charge in [0, 0.05) is 20.1 Å². The maximum absolute atomic E-state index is 11.4. The molecule has 0 saturated carbocycles. The molecule has 6 heteroatoms. The number of aliphatic carboxylic acids is 1. The Morgan fingerprint density at radius 2 is 2.47 bits per heavy atom. The molecular weight excluding hydrogens is 246 g/mol. The molecule has 100 valence electrons. The standard InChI is InChI=1S/C13H15N3O3/c1-15-8-14-11-7-16(5-9-3-2-4-19-9)6-10(12(11)15)13(17)18/h2-4,8,10H,5-7H2,1H3,(H,17,18). The Balaban J connectivity index is 1.86. The Morgan fingerprint density at radius 3 is 3.16 bits per heavy atom. The van der Waals surface area contributed by atoms with Gasteiger partial charge in [-0.3, -0.25) is 9.69 Å². The molecule has 0 aromatic carbocycles. The highest BCUT2D eigenvalue weighted by atomic mass is 16.4. The molecule has 0 aliphatic carbocycles. The van der Waals surface area contributed by atoms with Crippen LogP contribution in [0.2, 0.25) is 0 Å². The first-order valence-electron chi connectivity index (χ1n) is 6.13. The third-order valence-electron chi connectivity index (χ3n) is 3.46. The molecule has 0 amide bonds. The zero-order chi connectivity index (χ0) is 13.4. The van der Waals surface area contributed by atoms with Gasteiger partial charge in [0.05, 0.1) is 30.5 Å². The van der Waals surface area contributed by atoms with E-state index in [0.717, 1.165) is 17.1 Å². The quantitative estimate of drug-likeness (QED) is 0.898. The van der Waals surface area contributed by atoms with Crippen LogP contribution < -0.4 is 0 Å². The number of fused-ring (bicyclic) bond motifs is 1. The predicted octanol–water partition coefficient (Wildman–Crippen LogP) is 1.20. The molecule has 1 atom stereocenters. The highest BCUT2D eigenvalue weighted by Crippen LogP contribution is 2.28. The number of furan rings is 1. The van der Waals surface area contributed by atoms with Gasteiger partial charge in [0.2, 0.25) is 0 Å². The average molecular weight is 261 g/mol. The van der Waals surface area contributed by atoms with E-state index in [1.165, 1.54) is 0 Å². The molecule has 1 N–H and O–H groups in total. The highest BCUT2D eigenvalue weighted by Gasteiger charge is 2.33. The van der Waals surface area contributed by atoms with E-state index in [1.807, 2.05) is 24.1 Å². The van der Waals surface area contributed by atoms with Crippen LogP contribution in [-0.2, 0) is 24.9 Å². The molecule has 2 aromatic rings. The average Bonchev–Trinajstić information content (AvgIpc) is 2.99. The molecule has 6 nitrogen and oxygen atoms in total. The topological polar surface area (TPSA) is 71.5 Å². The minimum absolute atomic E-state index is 0.475. The van der Waals surface area contributed by atoms with E-state index in [2.05, 4.69) is 4.98 Å². The van der Waals surface area contributed by atoms with E-state index in [1.54, 1.807) is 17.2 Å². The molecule has 3 heterocycles. The second-order valence-electron chi connectivity index (χ2n) is 4.83. The minimum atomic E-state index is -0.811. The third kappa shape index (κ3) is 2.15. The molecule has 19 heavy (non-hydrogen) atoms. The van der Waals surface area contributed by atoms with Gasteiger partial charge in [0.15, 0.2) is 0 Å². The lowest BCUT2D eigenvalue weighted by Gasteiger charge is -2.30. The van der Waals surface area contributed by atoms with E-state index in [9.17, 15) is 9.90 Å². The van der Waals surface area contributed by atoms with Gasteiger partial charge in [0.1, 0.15) is 11.7 Å². The van der Waals surface area contributed by atoms with Crippen LogP contribution in [0.3, 0.4) is 0 Å². The summed E-state index contributed by atoms with van der Waals surface area (Å²) >= 11 is 0. The van der Waals surface area contributed by atoms with Crippen LogP contribution in [-0.4, -0.2) is 32.1 Å². The fraction of sp³-hybridized carbons (Fsp3) is 0.385. The maximum atomic E-state index is 11.4. The summed E-state index contributed by atoms with van der Waals surface area (Å²) in [5.74, 6) is -0.510. The smallest absolute Gasteiger partial charge is 0.313 e. The molecule has 2 aromatic heterocycles. The van der Waals surface area contributed by atoms with Gasteiger partial charge in [0.25, 0.3) is 0 Å². The summed E-state index contributed by atoms with van der Waals surface area (Å²) in [6.45, 7) is 1.73. The summed E-state index contributed by atoms with van der Waals surface area (Å²) in [6.07, 6.45) is 3.30. The Labute approximate surface area is 110 Å². The normalized spacial score (nSPS) is 19.3. The van der Waals surface area contributed by atoms with Crippen LogP contribution in [0.15, 0.2) is 29.1 Å². The lowest BCUT2D eigenvalue weighted by Crippen LogP contribution is -2.37. The summed E-state index contributed by atoms with van der Waals surface area (Å²) in [6, 6.07) is 3.73. The molecule has 1 aliphatic rings. The largest absolute Gasteiger partial charge is 0.481 e. The van der Waals surface area contributed by atoms with Crippen molar-refractivity contribution in [2.45, 2.75) is 19.0 Å². The molecule has 0 saturated heterocycles. The lowest BCUT2D eigenvalue weighted by molar-refractivity contribution is -0.139. The van der Waals surface area contributed by atoms with Gasteiger partial charge in [-0.25, -0.2) is 4.98 Å². The SMILES string of the molecule is Cn1cnc2c1C(C(=O)O)CN(Cc1ccco1)C2. The Bertz CT molecular complexity index is 588. The van der Waals surface area contributed by atoms with Gasteiger partial charge in [-0.05, 0) is 12.1 Å². The number of carboxylic acids is 1. The van der Waals surface area contributed by atoms with Crippen molar-refractivity contribution in [2.75, 3.05) is 6.54 Å². The Kier molecular flexibility index (Phi) is 2.87. The summed E-state index contributed by atoms with van der Waals surface area (Å²) in [5, 5.41) is 9.38. The number of imidazole rings is 1. The van der Waals surface area contributed by atoms with Gasteiger partial charge in [-0.2, -0.15) is 0 Å². The number of nitrogens with zero attached hydrogens (tertiary/aromatic N) is 3. The van der Waals surface area contributed by atoms with Crippen molar-refractivity contribution in [3.05, 3.63) is 41.9 Å². The Hall–Kier alpha value is -2.08. The predicted molar refractivity (Wildman–Crippen MR) is 66.4 cm³/mol. The van der Waals surface area contributed by atoms with E-state index in [-0.39, 0.29) is 0 Å². The van der Waals surface area contributed by atoms with Gasteiger partial charge < -0.3 is 14.1 Å². The fourth-order valence-electron chi connectivity index (χ4n) is 2.62. The number of aryl methyl sites for hydroxylation is 1. The molecule has 3 rings (SSSR count). The van der Waals surface area contributed by atoms with Crippen LogP contribution in [0.5, 0.6) is 0 Å². The molecule has 0 spiro atoms. The first kappa shape index (κ1) is 12.0. The summed E-state index contributed by atoms with van der Waals surface area (Å²) in [7, 11) is 1.84. The highest BCUT2D eigenvalue weighted by molar-refractivity contribution is 5.76. The van der Waals surface area contributed by atoms with E-state index in [4.69, 9.17) is 4.42 Å². The van der Waals surface area contributed by atoms with Crippen molar-refractivity contribution in [1.82, 2.24) is 14.5 Å².